The van der Waals surface area contributed by atoms with E-state index in [2.05, 4.69) is 10.6 Å². The fourth-order valence-electron chi connectivity index (χ4n) is 5.22. The molecule has 2 heterocycles. The smallest absolute Gasteiger partial charge is 0.258 e. The number of hydrogen-bond donors (Lipinski definition) is 2. The Kier molecular flexibility index (Phi) is 9.23. The van der Waals surface area contributed by atoms with E-state index in [-0.39, 0.29) is 55.3 Å². The van der Waals surface area contributed by atoms with Crippen molar-refractivity contribution >= 4 is 17.7 Å². The lowest BCUT2D eigenvalue weighted by molar-refractivity contribution is -0.125. The monoisotopic (exact) mass is 604 g/mol. The molecule has 2 atom stereocenters. The third-order valence-corrected chi connectivity index (χ3v) is 7.45. The molecule has 0 aliphatic carbocycles. The highest BCUT2D eigenvalue weighted by atomic mass is 19.1. The van der Waals surface area contributed by atoms with Gasteiger partial charge in [-0.3, -0.25) is 14.4 Å². The van der Waals surface area contributed by atoms with Crippen molar-refractivity contribution in [1.82, 2.24) is 15.5 Å². The summed E-state index contributed by atoms with van der Waals surface area (Å²) in [7, 11) is 1.47. The molecule has 2 N–H and O–H groups in total. The van der Waals surface area contributed by atoms with Gasteiger partial charge in [0, 0.05) is 38.5 Å². The van der Waals surface area contributed by atoms with Crippen LogP contribution in [0.3, 0.4) is 0 Å². The maximum Gasteiger partial charge on any atom is 0.258 e. The van der Waals surface area contributed by atoms with E-state index in [1.54, 1.807) is 24.3 Å². The molecule has 0 spiro atoms. The average molecular weight is 605 g/mol. The molecule has 0 saturated carbocycles. The SMILES string of the molecule is COc1ccc2cc1OCC(=O)N[C@@H]1CN(C(=O)c3ccc(C#N)cc3F)CC[C@H]1Oc1cc(F)cc(c1)CNC(=O)CC2. The van der Waals surface area contributed by atoms with Crippen LogP contribution in [0.1, 0.15) is 39.9 Å². The number of ether oxygens (including phenoxy) is 3. The number of nitriles is 1. The van der Waals surface area contributed by atoms with Gasteiger partial charge in [0.1, 0.15) is 23.5 Å². The van der Waals surface area contributed by atoms with Gasteiger partial charge in [0.15, 0.2) is 18.1 Å². The number of piperidine rings is 1. The van der Waals surface area contributed by atoms with Crippen LogP contribution in [0, 0.1) is 23.0 Å². The Morgan fingerprint density at radius 2 is 1.89 bits per heavy atom. The Morgan fingerprint density at radius 1 is 1.05 bits per heavy atom. The Labute approximate surface area is 252 Å². The molecule has 1 saturated heterocycles. The van der Waals surface area contributed by atoms with Gasteiger partial charge in [-0.1, -0.05) is 6.07 Å². The number of benzene rings is 3. The molecule has 44 heavy (non-hydrogen) atoms. The van der Waals surface area contributed by atoms with Crippen LogP contribution >= 0.6 is 0 Å². The Hall–Kier alpha value is -5.18. The number of rotatable bonds is 2. The van der Waals surface area contributed by atoms with Crippen molar-refractivity contribution in [1.29, 1.82) is 5.26 Å². The number of hydrogen-bond acceptors (Lipinski definition) is 7. The van der Waals surface area contributed by atoms with Gasteiger partial charge >= 0.3 is 0 Å². The molecular formula is C32H30F2N4O6. The van der Waals surface area contributed by atoms with E-state index in [0.29, 0.717) is 23.5 Å². The predicted molar refractivity (Wildman–Crippen MR) is 153 cm³/mol. The van der Waals surface area contributed by atoms with E-state index >= 15 is 0 Å². The lowest BCUT2D eigenvalue weighted by Gasteiger charge is -2.39. The van der Waals surface area contributed by atoms with E-state index in [1.165, 1.54) is 36.3 Å². The van der Waals surface area contributed by atoms with Gasteiger partial charge in [-0.15, -0.1) is 0 Å². The van der Waals surface area contributed by atoms with Crippen molar-refractivity contribution in [3.8, 4) is 23.3 Å². The summed E-state index contributed by atoms with van der Waals surface area (Å²) in [6, 6.07) is 13.9. The first kappa shape index (κ1) is 30.3. The second-order valence-corrected chi connectivity index (χ2v) is 10.5. The van der Waals surface area contributed by atoms with Gasteiger partial charge in [0.2, 0.25) is 5.91 Å². The number of carbonyl (C=O) groups excluding carboxylic acids is 3. The zero-order valence-electron chi connectivity index (χ0n) is 23.9. The van der Waals surface area contributed by atoms with Gasteiger partial charge in [0.05, 0.1) is 30.3 Å². The Balaban J connectivity index is 1.42. The number of amides is 3. The second kappa shape index (κ2) is 13.4. The molecule has 2 aliphatic heterocycles. The van der Waals surface area contributed by atoms with Gasteiger partial charge in [-0.05, 0) is 60.0 Å². The number of halogens is 2. The summed E-state index contributed by atoms with van der Waals surface area (Å²) in [4.78, 5) is 40.3. The summed E-state index contributed by atoms with van der Waals surface area (Å²) in [5.41, 5.74) is 1.15. The lowest BCUT2D eigenvalue weighted by Crippen LogP contribution is -2.58. The zero-order chi connectivity index (χ0) is 31.2. The minimum Gasteiger partial charge on any atom is -0.493 e. The van der Waals surface area contributed by atoms with Crippen molar-refractivity contribution in [3.63, 3.8) is 0 Å². The largest absolute Gasteiger partial charge is 0.493 e. The Bertz CT molecular complexity index is 1620. The first-order chi connectivity index (χ1) is 21.2. The third kappa shape index (κ3) is 7.23. The highest BCUT2D eigenvalue weighted by Gasteiger charge is 2.35. The minimum atomic E-state index is -0.829. The summed E-state index contributed by atoms with van der Waals surface area (Å²) in [6.07, 6.45) is 0.114. The molecule has 5 rings (SSSR count). The van der Waals surface area contributed by atoms with Crippen molar-refractivity contribution in [2.75, 3.05) is 26.8 Å². The fourth-order valence-corrected chi connectivity index (χ4v) is 5.22. The topological polar surface area (TPSA) is 130 Å². The fraction of sp³-hybridized carbons (Fsp3) is 0.312. The van der Waals surface area contributed by atoms with Crippen LogP contribution < -0.4 is 24.8 Å². The van der Waals surface area contributed by atoms with Crippen LogP contribution in [0.5, 0.6) is 17.2 Å². The van der Waals surface area contributed by atoms with E-state index in [1.807, 2.05) is 6.07 Å². The Morgan fingerprint density at radius 3 is 2.66 bits per heavy atom. The van der Waals surface area contributed by atoms with E-state index in [4.69, 9.17) is 19.5 Å². The van der Waals surface area contributed by atoms with Crippen molar-refractivity contribution in [3.05, 3.63) is 88.5 Å². The highest BCUT2D eigenvalue weighted by molar-refractivity contribution is 5.94. The highest BCUT2D eigenvalue weighted by Crippen LogP contribution is 2.29. The van der Waals surface area contributed by atoms with Gasteiger partial charge in [-0.2, -0.15) is 5.26 Å². The number of aryl methyl sites for hydroxylation is 1. The quantitative estimate of drug-likeness (QED) is 0.459. The average Bonchev–Trinajstić information content (AvgIpc) is 3.01. The van der Waals surface area contributed by atoms with E-state index < -0.39 is 42.2 Å². The first-order valence-electron chi connectivity index (χ1n) is 14.0. The number of nitrogens with one attached hydrogen (secondary N) is 2. The summed E-state index contributed by atoms with van der Waals surface area (Å²) >= 11 is 0. The standard InChI is InChI=1S/C32H30F2N4O6/c1-42-28-6-3-19-4-7-30(39)36-16-21-10-22(33)14-23(11-21)44-27-8-9-38(17-26(27)37-31(40)18-43-29(28)13-19)32(41)24-5-2-20(15-35)12-25(24)34/h2-3,5-6,10-14,26-27H,4,7-9,16-18H2,1H3,(H,36,39)(H,37,40)/t26-,27-/m1/s1. The van der Waals surface area contributed by atoms with Crippen LogP contribution in [0.2, 0.25) is 0 Å². The molecule has 12 heteroatoms. The molecule has 3 amide bonds. The van der Waals surface area contributed by atoms with Crippen molar-refractivity contribution in [2.24, 2.45) is 0 Å². The first-order valence-corrected chi connectivity index (χ1v) is 14.0. The zero-order valence-corrected chi connectivity index (χ0v) is 23.9. The van der Waals surface area contributed by atoms with Crippen LogP contribution in [-0.4, -0.2) is 61.6 Å². The molecule has 0 radical (unpaired) electrons. The van der Waals surface area contributed by atoms with Crippen LogP contribution in [-0.2, 0) is 22.6 Å². The summed E-state index contributed by atoms with van der Waals surface area (Å²) in [5.74, 6) is -1.84. The van der Waals surface area contributed by atoms with Gasteiger partial charge in [-0.25, -0.2) is 8.78 Å². The number of nitrogens with zero attached hydrogens (tertiary/aromatic N) is 2. The predicted octanol–water partition coefficient (Wildman–Crippen LogP) is 3.26. The van der Waals surface area contributed by atoms with E-state index in [0.717, 1.165) is 11.6 Å². The van der Waals surface area contributed by atoms with Crippen LogP contribution in [0.4, 0.5) is 8.78 Å². The maximum absolute atomic E-state index is 14.7. The van der Waals surface area contributed by atoms with Crippen molar-refractivity contribution < 1.29 is 37.4 Å². The van der Waals surface area contributed by atoms with Crippen molar-refractivity contribution in [2.45, 2.75) is 38.0 Å². The number of fused-ring (bicyclic) bond motifs is 5. The number of likely N-dealkylation sites (tertiary alicyclic amines) is 1. The molecule has 4 bridgehead atoms. The summed E-state index contributed by atoms with van der Waals surface area (Å²) < 4.78 is 46.5. The van der Waals surface area contributed by atoms with Gasteiger partial charge < -0.3 is 29.7 Å². The molecule has 0 unspecified atom stereocenters. The molecule has 0 aromatic heterocycles. The van der Waals surface area contributed by atoms with Crippen LogP contribution in [0.25, 0.3) is 0 Å². The molecular weight excluding hydrogens is 574 g/mol. The molecule has 10 nitrogen and oxygen atoms in total. The van der Waals surface area contributed by atoms with Crippen LogP contribution in [0.15, 0.2) is 54.6 Å². The molecule has 2 aliphatic rings. The maximum atomic E-state index is 14.7. The summed E-state index contributed by atoms with van der Waals surface area (Å²) in [5, 5.41) is 14.7. The van der Waals surface area contributed by atoms with Gasteiger partial charge in [0.25, 0.3) is 11.8 Å². The molecule has 3 aromatic rings. The van der Waals surface area contributed by atoms with E-state index in [9.17, 15) is 23.2 Å². The lowest BCUT2D eigenvalue weighted by atomic mass is 10.00. The normalized spacial score (nSPS) is 19.0. The minimum absolute atomic E-state index is 0.0360. The second-order valence-electron chi connectivity index (χ2n) is 10.5. The molecule has 228 valence electrons. The number of carbonyl (C=O) groups is 3. The summed E-state index contributed by atoms with van der Waals surface area (Å²) in [6.45, 7) is -0.196. The number of methoxy groups -OCH3 is 1. The molecule has 1 fully saturated rings. The molecule has 3 aromatic carbocycles. The third-order valence-electron chi connectivity index (χ3n) is 7.45.